The Balaban J connectivity index is 0.000000786. The summed E-state index contributed by atoms with van der Waals surface area (Å²) in [5.74, 6) is 1.48. The van der Waals surface area contributed by atoms with Crippen molar-refractivity contribution in [2.24, 2.45) is 0 Å². The largest absolute Gasteiger partial charge is 0.493 e. The number of benzene rings is 2. The second kappa shape index (κ2) is 12.5. The molecule has 0 atom stereocenters. The number of hydrogen-bond donors (Lipinski definition) is 1. The maximum absolute atomic E-state index is 12.2. The summed E-state index contributed by atoms with van der Waals surface area (Å²) in [5.41, 5.74) is 4.97. The van der Waals surface area contributed by atoms with Gasteiger partial charge >= 0.3 is 0 Å². The lowest BCUT2D eigenvalue weighted by Crippen LogP contribution is -2.17. The lowest BCUT2D eigenvalue weighted by Gasteiger charge is -2.10. The Bertz CT molecular complexity index is 1460. The van der Waals surface area contributed by atoms with Gasteiger partial charge in [0.2, 0.25) is 0 Å². The van der Waals surface area contributed by atoms with E-state index < -0.39 is 0 Å². The quantitative estimate of drug-likeness (QED) is 0.183. The molecule has 1 N–H and O–H groups in total. The summed E-state index contributed by atoms with van der Waals surface area (Å²) in [6.07, 6.45) is 6.96. The van der Waals surface area contributed by atoms with E-state index in [1.54, 1.807) is 48.8 Å². The van der Waals surface area contributed by atoms with E-state index in [-0.39, 0.29) is 5.91 Å². The molecule has 6 nitrogen and oxygen atoms in total. The molecule has 1 aliphatic heterocycles. The van der Waals surface area contributed by atoms with Crippen LogP contribution in [-0.4, -0.2) is 37.1 Å². The van der Waals surface area contributed by atoms with Gasteiger partial charge in [-0.05, 0) is 71.6 Å². The van der Waals surface area contributed by atoms with E-state index >= 15 is 0 Å². The smallest absolute Gasteiger partial charge is 0.254 e. The number of amides is 1. The van der Waals surface area contributed by atoms with Crippen molar-refractivity contribution >= 4 is 34.9 Å². The number of pyridine rings is 1. The average molecular weight is 544 g/mol. The van der Waals surface area contributed by atoms with Crippen molar-refractivity contribution in [2.75, 3.05) is 26.0 Å². The van der Waals surface area contributed by atoms with Gasteiger partial charge in [0.15, 0.2) is 11.5 Å². The zero-order chi connectivity index (χ0) is 27.1. The SMILES string of the molecule is C=CC=C.COc1ccc(SNc2cncc(-c3ccc(-c4ccc5c(c4)CN(C)C5=O)s3)c2)cc1OC. The normalized spacial score (nSPS) is 11.8. The first-order valence-corrected chi connectivity index (χ1v) is 13.4. The number of anilines is 1. The molecule has 1 amide bonds. The predicted octanol–water partition coefficient (Wildman–Crippen LogP) is 7.56. The highest BCUT2D eigenvalue weighted by molar-refractivity contribution is 8.00. The summed E-state index contributed by atoms with van der Waals surface area (Å²) in [6, 6.07) is 18.2. The number of ether oxygens (including phenoxy) is 2. The molecule has 0 fully saturated rings. The van der Waals surface area contributed by atoms with Crippen molar-refractivity contribution in [1.29, 1.82) is 0 Å². The molecule has 0 unspecified atom stereocenters. The Morgan fingerprint density at radius 3 is 2.39 bits per heavy atom. The molecule has 0 radical (unpaired) electrons. The molecule has 0 saturated carbocycles. The van der Waals surface area contributed by atoms with Gasteiger partial charge in [0.05, 0.1) is 26.1 Å². The van der Waals surface area contributed by atoms with Crippen LogP contribution in [-0.2, 0) is 6.54 Å². The van der Waals surface area contributed by atoms with Crippen LogP contribution in [0.5, 0.6) is 11.5 Å². The van der Waals surface area contributed by atoms with Crippen LogP contribution in [0, 0.1) is 0 Å². The number of fused-ring (bicyclic) bond motifs is 1. The maximum atomic E-state index is 12.2. The number of hydrogen-bond acceptors (Lipinski definition) is 7. The molecule has 8 heteroatoms. The van der Waals surface area contributed by atoms with Gasteiger partial charge in [-0.1, -0.05) is 31.4 Å². The second-order valence-electron chi connectivity index (χ2n) is 8.35. The van der Waals surface area contributed by atoms with Gasteiger partial charge in [0.25, 0.3) is 5.91 Å². The zero-order valence-electron chi connectivity index (χ0n) is 21.6. The Morgan fingerprint density at radius 2 is 1.68 bits per heavy atom. The van der Waals surface area contributed by atoms with Crippen LogP contribution < -0.4 is 14.2 Å². The van der Waals surface area contributed by atoms with Crippen molar-refractivity contribution in [1.82, 2.24) is 9.88 Å². The molecule has 2 aromatic carbocycles. The first-order chi connectivity index (χ1) is 18.5. The van der Waals surface area contributed by atoms with E-state index in [2.05, 4.69) is 47.1 Å². The van der Waals surface area contributed by atoms with Gasteiger partial charge in [0, 0.05) is 45.6 Å². The fraction of sp³-hybridized carbons (Fsp3) is 0.133. The summed E-state index contributed by atoms with van der Waals surface area (Å²) < 4.78 is 14.0. The molecule has 0 saturated heterocycles. The number of carbonyl (C=O) groups excluding carboxylic acids is 1. The van der Waals surface area contributed by atoms with Crippen molar-refractivity contribution in [2.45, 2.75) is 11.4 Å². The van der Waals surface area contributed by atoms with E-state index in [0.29, 0.717) is 18.0 Å². The lowest BCUT2D eigenvalue weighted by atomic mass is 10.1. The minimum atomic E-state index is 0.0924. The predicted molar refractivity (Wildman–Crippen MR) is 158 cm³/mol. The van der Waals surface area contributed by atoms with Gasteiger partial charge in [-0.15, -0.1) is 11.3 Å². The van der Waals surface area contributed by atoms with Crippen molar-refractivity contribution in [3.63, 3.8) is 0 Å². The standard InChI is InChI=1S/C26H23N3O3S2.C4H6/c1-29-15-18-10-16(4-6-21(18)26(29)30)24-8-9-25(33-24)17-11-19(14-27-13-17)28-34-20-5-7-22(31-2)23(12-20)32-3;1-3-4-2/h4-14,28H,15H2,1-3H3;3-4H,1-2H2. The molecule has 4 aromatic rings. The second-order valence-corrected chi connectivity index (χ2v) is 10.3. The fourth-order valence-corrected chi connectivity index (χ4v) is 5.53. The van der Waals surface area contributed by atoms with Crippen LogP contribution >= 0.6 is 23.3 Å². The first kappa shape index (κ1) is 27.0. The van der Waals surface area contributed by atoms with Crippen LogP contribution in [0.4, 0.5) is 5.69 Å². The van der Waals surface area contributed by atoms with Crippen LogP contribution in [0.1, 0.15) is 15.9 Å². The highest BCUT2D eigenvalue weighted by Crippen LogP contribution is 2.37. The first-order valence-electron chi connectivity index (χ1n) is 11.8. The van der Waals surface area contributed by atoms with Gasteiger partial charge in [-0.25, -0.2) is 0 Å². The summed E-state index contributed by atoms with van der Waals surface area (Å²) in [6.45, 7) is 7.38. The number of thiophene rings is 1. The number of allylic oxidation sites excluding steroid dienone is 2. The summed E-state index contributed by atoms with van der Waals surface area (Å²) in [7, 11) is 5.09. The number of methoxy groups -OCH3 is 2. The van der Waals surface area contributed by atoms with Crippen LogP contribution in [0.25, 0.3) is 20.9 Å². The van der Waals surface area contributed by atoms with E-state index in [1.165, 1.54) is 11.9 Å². The van der Waals surface area contributed by atoms with Crippen LogP contribution in [0.2, 0.25) is 0 Å². The third-order valence-electron chi connectivity index (χ3n) is 5.81. The van der Waals surface area contributed by atoms with E-state index in [4.69, 9.17) is 9.47 Å². The third kappa shape index (κ3) is 6.10. The van der Waals surface area contributed by atoms with Gasteiger partial charge < -0.3 is 19.1 Å². The molecule has 5 rings (SSSR count). The number of carbonyl (C=O) groups is 1. The Morgan fingerprint density at radius 1 is 0.947 bits per heavy atom. The number of rotatable bonds is 8. The fourth-order valence-electron chi connectivity index (χ4n) is 3.90. The maximum Gasteiger partial charge on any atom is 0.254 e. The number of nitrogens with one attached hydrogen (secondary N) is 1. The summed E-state index contributed by atoms with van der Waals surface area (Å²) in [5, 5.41) is 0. The third-order valence-corrected chi connectivity index (χ3v) is 7.82. The van der Waals surface area contributed by atoms with Gasteiger partial charge in [-0.3, -0.25) is 9.78 Å². The molecular weight excluding hydrogens is 514 g/mol. The van der Waals surface area contributed by atoms with Crippen molar-refractivity contribution in [3.05, 3.63) is 103 Å². The van der Waals surface area contributed by atoms with Gasteiger partial charge in [-0.2, -0.15) is 0 Å². The molecular formula is C30H29N3O3S2. The molecule has 0 bridgehead atoms. The minimum Gasteiger partial charge on any atom is -0.493 e. The minimum absolute atomic E-state index is 0.0924. The van der Waals surface area contributed by atoms with E-state index in [0.717, 1.165) is 42.6 Å². The molecule has 0 spiro atoms. The molecule has 194 valence electrons. The molecule has 0 aliphatic carbocycles. The summed E-state index contributed by atoms with van der Waals surface area (Å²) >= 11 is 3.20. The highest BCUT2D eigenvalue weighted by atomic mass is 32.2. The molecule has 1 aliphatic rings. The molecule has 38 heavy (non-hydrogen) atoms. The van der Waals surface area contributed by atoms with Gasteiger partial charge in [0.1, 0.15) is 0 Å². The highest BCUT2D eigenvalue weighted by Gasteiger charge is 2.24. The zero-order valence-corrected chi connectivity index (χ0v) is 23.2. The van der Waals surface area contributed by atoms with Crippen LogP contribution in [0.3, 0.4) is 0 Å². The van der Waals surface area contributed by atoms with Crippen molar-refractivity contribution in [3.8, 4) is 32.4 Å². The molecule has 2 aromatic heterocycles. The number of aromatic nitrogens is 1. The van der Waals surface area contributed by atoms with E-state index in [1.807, 2.05) is 43.6 Å². The average Bonchev–Trinajstić information content (AvgIpc) is 3.56. The van der Waals surface area contributed by atoms with E-state index in [9.17, 15) is 4.79 Å². The monoisotopic (exact) mass is 543 g/mol. The van der Waals surface area contributed by atoms with Crippen molar-refractivity contribution < 1.29 is 14.3 Å². The van der Waals surface area contributed by atoms with Crippen LogP contribution in [0.15, 0.2) is 97.2 Å². The Hall–Kier alpha value is -4.01. The topological polar surface area (TPSA) is 63.7 Å². The lowest BCUT2D eigenvalue weighted by molar-refractivity contribution is 0.0816. The Labute approximate surface area is 231 Å². The number of nitrogens with zero attached hydrogens (tertiary/aromatic N) is 2. The summed E-state index contributed by atoms with van der Waals surface area (Å²) in [4.78, 5) is 21.6. The Kier molecular flexibility index (Phi) is 8.89. The molecule has 3 heterocycles.